The topological polar surface area (TPSA) is 120 Å². The fourth-order valence-electron chi connectivity index (χ4n) is 4.11. The van der Waals surface area contributed by atoms with E-state index in [9.17, 15) is 29.7 Å². The molecule has 210 valence electrons. The first-order chi connectivity index (χ1) is 20.0. The minimum Gasteiger partial charge on any atom is -0.545 e. The maximum absolute atomic E-state index is 10.7. The summed E-state index contributed by atoms with van der Waals surface area (Å²) in [6.07, 6.45) is 0. The predicted octanol–water partition coefficient (Wildman–Crippen LogP) is 5.19. The summed E-state index contributed by atoms with van der Waals surface area (Å²) < 4.78 is 0. The molecule has 6 nitrogen and oxygen atoms in total. The third-order valence-electron chi connectivity index (χ3n) is 6.17. The summed E-state index contributed by atoms with van der Waals surface area (Å²) in [5, 5.41) is 37.9. The fourth-order valence-corrected chi connectivity index (χ4v) is 4.85. The Morgan fingerprint density at radius 2 is 0.581 bits per heavy atom. The van der Waals surface area contributed by atoms with Crippen molar-refractivity contribution < 1.29 is 29.7 Å². The van der Waals surface area contributed by atoms with Gasteiger partial charge in [-0.05, 0) is 68.7 Å². The molecule has 0 aromatic heterocycles. The summed E-state index contributed by atoms with van der Waals surface area (Å²) >= 11 is 17.3. The maximum atomic E-state index is 10.7. The van der Waals surface area contributed by atoms with Crippen molar-refractivity contribution in [3.05, 3.63) is 141 Å². The van der Waals surface area contributed by atoms with Gasteiger partial charge < -0.3 is 29.7 Å². The van der Waals surface area contributed by atoms with Crippen LogP contribution in [0.1, 0.15) is 31.1 Å². The van der Waals surface area contributed by atoms with E-state index in [1.54, 1.807) is 18.2 Å². The first-order valence-electron chi connectivity index (χ1n) is 12.2. The van der Waals surface area contributed by atoms with Crippen LogP contribution in [0, 0.1) is 0 Å². The van der Waals surface area contributed by atoms with Gasteiger partial charge in [-0.3, -0.25) is 0 Å². The van der Waals surface area contributed by atoms with Crippen LogP contribution in [0.3, 0.4) is 0 Å². The number of hydrogen-bond acceptors (Lipinski definition) is 6. The zero-order valence-electron chi connectivity index (χ0n) is 22.1. The number of fused-ring (bicyclic) bond motifs is 3. The number of carbonyl (C=O) groups is 3. The molecule has 0 radical (unpaired) electrons. The van der Waals surface area contributed by atoms with E-state index in [0.29, 0.717) is 0 Å². The van der Waals surface area contributed by atoms with Crippen molar-refractivity contribution in [2.75, 3.05) is 0 Å². The molecule has 0 unspecified atom stereocenters. The van der Waals surface area contributed by atoms with Gasteiger partial charge in [0.05, 0.1) is 33.0 Å². The number of benzene rings is 6. The Hall–Kier alpha value is -3.98. The molecule has 0 bridgehead atoms. The smallest absolute Gasteiger partial charge is 0.545 e. The van der Waals surface area contributed by atoms with E-state index < -0.39 is 17.9 Å². The van der Waals surface area contributed by atoms with Crippen LogP contribution in [0.5, 0.6) is 0 Å². The van der Waals surface area contributed by atoms with Crippen molar-refractivity contribution in [1.82, 2.24) is 0 Å². The van der Waals surface area contributed by atoms with Crippen LogP contribution >= 0.6 is 34.8 Å². The molecule has 10 heteroatoms. The third kappa shape index (κ3) is 8.31. The number of hydrogen-bond donors (Lipinski definition) is 0. The van der Waals surface area contributed by atoms with Crippen LogP contribution in [0.25, 0.3) is 32.3 Å². The van der Waals surface area contributed by atoms with Crippen LogP contribution in [0.2, 0.25) is 15.1 Å². The quantitative estimate of drug-likeness (QED) is 0.237. The van der Waals surface area contributed by atoms with Gasteiger partial charge in [-0.15, -0.1) is 0 Å². The summed E-state index contributed by atoms with van der Waals surface area (Å²) in [4.78, 5) is 32.0. The van der Waals surface area contributed by atoms with Crippen LogP contribution in [-0.4, -0.2) is 37.7 Å². The molecule has 0 spiro atoms. The zero-order valence-corrected chi connectivity index (χ0v) is 26.7. The van der Waals surface area contributed by atoms with Gasteiger partial charge in [-0.25, -0.2) is 0 Å². The molecule has 0 saturated heterocycles. The normalized spacial score (nSPS) is 10.1. The molecule has 6 rings (SSSR count). The molecule has 0 amide bonds. The van der Waals surface area contributed by atoms with Crippen LogP contribution in [0.15, 0.2) is 109 Å². The maximum Gasteiger partial charge on any atom is 3.00 e. The zero-order chi connectivity index (χ0) is 30.4. The molecule has 0 N–H and O–H groups in total. The predicted molar refractivity (Wildman–Crippen MR) is 166 cm³/mol. The average molecular weight is 687 g/mol. The molecule has 43 heavy (non-hydrogen) atoms. The number of rotatable bonds is 3. The molecule has 0 saturated carbocycles. The largest absolute Gasteiger partial charge is 3.00 e. The minimum absolute atomic E-state index is 0. The summed E-state index contributed by atoms with van der Waals surface area (Å²) in [6, 6.07) is 31.7. The molecule has 0 atom stereocenters. The first kappa shape index (κ1) is 33.5. The van der Waals surface area contributed by atoms with E-state index >= 15 is 0 Å². The van der Waals surface area contributed by atoms with Crippen molar-refractivity contribution in [3.63, 3.8) is 0 Å². The van der Waals surface area contributed by atoms with E-state index in [4.69, 9.17) is 34.8 Å². The third-order valence-corrected chi connectivity index (χ3v) is 7.10. The second-order valence-corrected chi connectivity index (χ2v) is 10.1. The van der Waals surface area contributed by atoms with E-state index in [1.165, 1.54) is 18.2 Å². The molecule has 6 aromatic carbocycles. The Morgan fingerprint density at radius 1 is 0.395 bits per heavy atom. The molecule has 0 aliphatic heterocycles. The monoisotopic (exact) mass is 684 g/mol. The van der Waals surface area contributed by atoms with Crippen LogP contribution in [0.4, 0.5) is 0 Å². The number of carboxylic acids is 3. The molecule has 0 aliphatic rings. The van der Waals surface area contributed by atoms with Gasteiger partial charge in [0.2, 0.25) is 0 Å². The molecule has 0 heterocycles. The Balaban J connectivity index is 0.000000175. The van der Waals surface area contributed by atoms with Gasteiger partial charge in [0.1, 0.15) is 0 Å². The number of halogens is 3. The number of carbonyl (C=O) groups excluding carboxylic acids is 3. The van der Waals surface area contributed by atoms with Crippen LogP contribution in [-0.2, 0) is 0 Å². The fraction of sp³-hybridized carbons (Fsp3) is 0. The van der Waals surface area contributed by atoms with Crippen LogP contribution < -0.4 is 15.3 Å². The van der Waals surface area contributed by atoms with E-state index in [2.05, 4.69) is 0 Å². The molecular formula is C33H18Cl3GaO6. The SMILES string of the molecule is O=C([O-])c1cc2ccccc2cc1Cl.O=C([O-])c1cc2ccccc2cc1Cl.O=C([O-])c1cc2ccccc2cc1Cl.[Ga+3]. The van der Waals surface area contributed by atoms with Crippen molar-refractivity contribution in [3.8, 4) is 0 Å². The Morgan fingerprint density at radius 3 is 0.767 bits per heavy atom. The van der Waals surface area contributed by atoms with Crippen molar-refractivity contribution in [2.24, 2.45) is 0 Å². The Kier molecular flexibility index (Phi) is 11.7. The van der Waals surface area contributed by atoms with Gasteiger partial charge >= 0.3 is 19.8 Å². The second-order valence-electron chi connectivity index (χ2n) is 8.90. The Labute approximate surface area is 274 Å². The van der Waals surface area contributed by atoms with Crippen molar-refractivity contribution >= 4 is 105 Å². The van der Waals surface area contributed by atoms with Gasteiger partial charge in [0, 0.05) is 16.7 Å². The van der Waals surface area contributed by atoms with E-state index in [-0.39, 0.29) is 51.5 Å². The first-order valence-corrected chi connectivity index (χ1v) is 13.4. The summed E-state index contributed by atoms with van der Waals surface area (Å²) in [5.41, 5.74) is 0.0982. The molecule has 0 fully saturated rings. The minimum atomic E-state index is -1.25. The van der Waals surface area contributed by atoms with Crippen molar-refractivity contribution in [1.29, 1.82) is 0 Å². The second kappa shape index (κ2) is 15.0. The van der Waals surface area contributed by atoms with Gasteiger partial charge in [0.25, 0.3) is 0 Å². The van der Waals surface area contributed by atoms with Gasteiger partial charge in [-0.2, -0.15) is 0 Å². The number of carboxylic acid groups (broad SMARTS) is 3. The molecule has 0 aliphatic carbocycles. The van der Waals surface area contributed by atoms with Gasteiger partial charge in [0.15, 0.2) is 0 Å². The van der Waals surface area contributed by atoms with E-state index in [0.717, 1.165) is 32.3 Å². The van der Waals surface area contributed by atoms with Crippen molar-refractivity contribution in [2.45, 2.75) is 0 Å². The molecule has 6 aromatic rings. The summed E-state index contributed by atoms with van der Waals surface area (Å²) in [5.74, 6) is -3.75. The van der Waals surface area contributed by atoms with E-state index in [1.807, 2.05) is 72.8 Å². The average Bonchev–Trinajstić information content (AvgIpc) is 2.96. The number of aromatic carboxylic acids is 3. The molecular weight excluding hydrogens is 668 g/mol. The standard InChI is InChI=1S/3C11H7ClO2.Ga/c3*12-10-6-8-4-2-1-3-7(8)5-9(10)11(13)14;/h3*1-6H,(H,13,14);/q;;;+3/p-3. The van der Waals surface area contributed by atoms with Gasteiger partial charge in [-0.1, -0.05) is 108 Å². The summed E-state index contributed by atoms with van der Waals surface area (Å²) in [7, 11) is 0. The summed E-state index contributed by atoms with van der Waals surface area (Å²) in [6.45, 7) is 0. The Bertz CT molecular complexity index is 1750.